The van der Waals surface area contributed by atoms with Gasteiger partial charge in [-0.3, -0.25) is 4.79 Å². The molecule has 0 N–H and O–H groups in total. The highest BCUT2D eigenvalue weighted by Crippen LogP contribution is 2.16. The molecule has 1 atom stereocenters. The highest BCUT2D eigenvalue weighted by Gasteiger charge is 2.17. The third kappa shape index (κ3) is 9.77. The molecular formula is C13H26O2. The lowest BCUT2D eigenvalue weighted by atomic mass is 10.00. The number of rotatable bonds is 6. The largest absolute Gasteiger partial charge is 0.460 e. The van der Waals surface area contributed by atoms with E-state index in [-0.39, 0.29) is 11.6 Å². The van der Waals surface area contributed by atoms with E-state index in [0.29, 0.717) is 12.3 Å². The van der Waals surface area contributed by atoms with Crippen molar-refractivity contribution in [1.29, 1.82) is 0 Å². The van der Waals surface area contributed by atoms with Gasteiger partial charge in [-0.2, -0.15) is 0 Å². The van der Waals surface area contributed by atoms with Gasteiger partial charge in [0, 0.05) is 6.42 Å². The van der Waals surface area contributed by atoms with Gasteiger partial charge in [0.05, 0.1) is 0 Å². The summed E-state index contributed by atoms with van der Waals surface area (Å²) in [5.74, 6) is 0.387. The molecule has 0 bridgehead atoms. The smallest absolute Gasteiger partial charge is 0.306 e. The van der Waals surface area contributed by atoms with E-state index in [2.05, 4.69) is 13.8 Å². The predicted molar refractivity (Wildman–Crippen MR) is 63.8 cm³/mol. The molecule has 0 rings (SSSR count). The Balaban J connectivity index is 3.67. The Morgan fingerprint density at radius 1 is 1.27 bits per heavy atom. The molecule has 2 heteroatoms. The summed E-state index contributed by atoms with van der Waals surface area (Å²) in [6, 6.07) is 0. The molecule has 90 valence electrons. The molecule has 0 aromatic heterocycles. The van der Waals surface area contributed by atoms with Gasteiger partial charge in [-0.05, 0) is 26.7 Å². The molecule has 0 aliphatic carbocycles. The van der Waals surface area contributed by atoms with E-state index < -0.39 is 0 Å². The molecule has 0 fully saturated rings. The van der Waals surface area contributed by atoms with Gasteiger partial charge < -0.3 is 4.74 Å². The molecule has 0 spiro atoms. The summed E-state index contributed by atoms with van der Waals surface area (Å²) in [5.41, 5.74) is -0.347. The van der Waals surface area contributed by atoms with Gasteiger partial charge >= 0.3 is 5.97 Å². The maximum atomic E-state index is 11.5. The molecule has 0 saturated carbocycles. The normalized spacial score (nSPS) is 13.7. The first kappa shape index (κ1) is 14.5. The fraction of sp³-hybridized carbons (Fsp3) is 0.923. The molecule has 15 heavy (non-hydrogen) atoms. The first-order valence-corrected chi connectivity index (χ1v) is 6.07. The van der Waals surface area contributed by atoms with Crippen LogP contribution < -0.4 is 0 Å². The summed E-state index contributed by atoms with van der Waals surface area (Å²) in [7, 11) is 0. The van der Waals surface area contributed by atoms with Crippen molar-refractivity contribution in [3.63, 3.8) is 0 Å². The van der Waals surface area contributed by atoms with E-state index in [1.165, 1.54) is 19.3 Å². The van der Waals surface area contributed by atoms with E-state index in [9.17, 15) is 4.79 Å². The fourth-order valence-corrected chi connectivity index (χ4v) is 1.51. The van der Waals surface area contributed by atoms with Crippen molar-refractivity contribution in [3.8, 4) is 0 Å². The summed E-state index contributed by atoms with van der Waals surface area (Å²) < 4.78 is 5.28. The second-order valence-electron chi connectivity index (χ2n) is 5.39. The number of carbonyl (C=O) groups excluding carboxylic acids is 1. The van der Waals surface area contributed by atoms with Crippen molar-refractivity contribution in [2.45, 2.75) is 72.3 Å². The van der Waals surface area contributed by atoms with Crippen molar-refractivity contribution in [2.24, 2.45) is 5.92 Å². The van der Waals surface area contributed by atoms with Gasteiger partial charge in [0.15, 0.2) is 0 Å². The van der Waals surface area contributed by atoms with Crippen LogP contribution in [0.1, 0.15) is 66.7 Å². The average molecular weight is 214 g/mol. The Kier molecular flexibility index (Phi) is 6.62. The lowest BCUT2D eigenvalue weighted by Crippen LogP contribution is -2.24. The van der Waals surface area contributed by atoms with E-state index >= 15 is 0 Å². The number of ether oxygens (including phenoxy) is 1. The van der Waals surface area contributed by atoms with Crippen LogP contribution in [0.3, 0.4) is 0 Å². The Labute approximate surface area is 94.4 Å². The highest BCUT2D eigenvalue weighted by atomic mass is 16.6. The Hall–Kier alpha value is -0.530. The van der Waals surface area contributed by atoms with Gasteiger partial charge in [0.25, 0.3) is 0 Å². The van der Waals surface area contributed by atoms with Gasteiger partial charge in [0.2, 0.25) is 0 Å². The minimum absolute atomic E-state index is 0.0634. The third-order valence-electron chi connectivity index (χ3n) is 2.24. The van der Waals surface area contributed by atoms with E-state index in [1.807, 2.05) is 20.8 Å². The summed E-state index contributed by atoms with van der Waals surface area (Å²) >= 11 is 0. The Morgan fingerprint density at radius 2 is 1.87 bits per heavy atom. The molecule has 0 aliphatic rings. The lowest BCUT2D eigenvalue weighted by molar-refractivity contribution is -0.155. The van der Waals surface area contributed by atoms with E-state index in [4.69, 9.17) is 4.74 Å². The quantitative estimate of drug-likeness (QED) is 0.494. The van der Waals surface area contributed by atoms with Crippen LogP contribution in [0.2, 0.25) is 0 Å². The van der Waals surface area contributed by atoms with Gasteiger partial charge in [0.1, 0.15) is 5.60 Å². The zero-order valence-corrected chi connectivity index (χ0v) is 10.9. The van der Waals surface area contributed by atoms with Gasteiger partial charge in [-0.15, -0.1) is 0 Å². The van der Waals surface area contributed by atoms with Crippen molar-refractivity contribution in [3.05, 3.63) is 0 Å². The van der Waals surface area contributed by atoms with Crippen LogP contribution in [0.4, 0.5) is 0 Å². The van der Waals surface area contributed by atoms with E-state index in [1.54, 1.807) is 0 Å². The molecule has 2 nitrogen and oxygen atoms in total. The third-order valence-corrected chi connectivity index (χ3v) is 2.24. The second kappa shape index (κ2) is 6.86. The van der Waals surface area contributed by atoms with Gasteiger partial charge in [-0.1, -0.05) is 39.5 Å². The molecule has 0 aromatic carbocycles. The van der Waals surface area contributed by atoms with Crippen LogP contribution in [0.5, 0.6) is 0 Å². The highest BCUT2D eigenvalue weighted by molar-refractivity contribution is 5.70. The first-order valence-electron chi connectivity index (χ1n) is 6.07. The first-order chi connectivity index (χ1) is 6.85. The topological polar surface area (TPSA) is 26.3 Å². The number of hydrogen-bond donors (Lipinski definition) is 0. The summed E-state index contributed by atoms with van der Waals surface area (Å²) in [5, 5.41) is 0. The van der Waals surface area contributed by atoms with Crippen LogP contribution in [-0.2, 0) is 9.53 Å². The maximum Gasteiger partial charge on any atom is 0.306 e. The van der Waals surface area contributed by atoms with E-state index in [0.717, 1.165) is 6.42 Å². The monoisotopic (exact) mass is 214 g/mol. The van der Waals surface area contributed by atoms with Crippen LogP contribution in [0, 0.1) is 5.92 Å². The van der Waals surface area contributed by atoms with Crippen LogP contribution in [0.25, 0.3) is 0 Å². The number of carbonyl (C=O) groups is 1. The molecule has 0 amide bonds. The van der Waals surface area contributed by atoms with Gasteiger partial charge in [-0.25, -0.2) is 0 Å². The minimum atomic E-state index is -0.347. The Bertz CT molecular complexity index is 179. The molecular weight excluding hydrogens is 188 g/mol. The second-order valence-corrected chi connectivity index (χ2v) is 5.39. The molecule has 0 aliphatic heterocycles. The molecule has 0 aromatic rings. The number of hydrogen-bond acceptors (Lipinski definition) is 2. The molecule has 0 radical (unpaired) electrons. The Morgan fingerprint density at radius 3 is 2.33 bits per heavy atom. The summed E-state index contributed by atoms with van der Waals surface area (Å²) in [4.78, 5) is 11.5. The maximum absolute atomic E-state index is 11.5. The van der Waals surface area contributed by atoms with Crippen molar-refractivity contribution in [2.75, 3.05) is 0 Å². The lowest BCUT2D eigenvalue weighted by Gasteiger charge is -2.20. The summed E-state index contributed by atoms with van der Waals surface area (Å²) in [6.45, 7) is 10.0. The van der Waals surface area contributed by atoms with Crippen molar-refractivity contribution >= 4 is 5.97 Å². The van der Waals surface area contributed by atoms with Crippen LogP contribution in [0.15, 0.2) is 0 Å². The number of esters is 1. The van der Waals surface area contributed by atoms with Crippen molar-refractivity contribution < 1.29 is 9.53 Å². The van der Waals surface area contributed by atoms with Crippen molar-refractivity contribution in [1.82, 2.24) is 0 Å². The molecule has 0 heterocycles. The summed E-state index contributed by atoms with van der Waals surface area (Å²) in [6.07, 6.45) is 5.41. The fourth-order valence-electron chi connectivity index (χ4n) is 1.51. The molecule has 0 saturated heterocycles. The SMILES string of the molecule is CCCCCC(C)CC(=O)OC(C)(C)C. The standard InChI is InChI=1S/C13H26O2/c1-6-7-8-9-11(2)10-12(14)15-13(3,4)5/h11H,6-10H2,1-5H3. The van der Waals surface area contributed by atoms with Crippen LogP contribution in [-0.4, -0.2) is 11.6 Å². The average Bonchev–Trinajstić information content (AvgIpc) is 2.00. The minimum Gasteiger partial charge on any atom is -0.460 e. The molecule has 1 unspecified atom stereocenters. The number of unbranched alkanes of at least 4 members (excludes halogenated alkanes) is 2. The zero-order valence-electron chi connectivity index (χ0n) is 10.9. The van der Waals surface area contributed by atoms with Crippen LogP contribution >= 0.6 is 0 Å². The predicted octanol–water partition coefficient (Wildman–Crippen LogP) is 3.93. The zero-order chi connectivity index (χ0) is 11.9.